The number of nitrogens with one attached hydrogen (secondary N) is 1. The standard InChI is InChI=1S/C15H14Cl2N2O/c1-8-3-4-11(5-9(8)2)19-15(20)10-6-12(16)14(17)13(18)7-10/h3-7H,18H2,1-2H3,(H,19,20). The molecule has 5 heteroatoms. The Kier molecular flexibility index (Phi) is 4.21. The van der Waals surface area contributed by atoms with Crippen LogP contribution in [0.2, 0.25) is 10.0 Å². The van der Waals surface area contributed by atoms with Gasteiger partial charge in [0.05, 0.1) is 15.7 Å². The van der Waals surface area contributed by atoms with Gasteiger partial charge < -0.3 is 11.1 Å². The number of benzene rings is 2. The van der Waals surface area contributed by atoms with E-state index in [0.29, 0.717) is 5.56 Å². The molecule has 2 rings (SSSR count). The number of amides is 1. The highest BCUT2D eigenvalue weighted by Crippen LogP contribution is 2.29. The minimum atomic E-state index is -0.279. The van der Waals surface area contributed by atoms with Crippen molar-refractivity contribution in [1.29, 1.82) is 0 Å². The maximum Gasteiger partial charge on any atom is 0.255 e. The van der Waals surface area contributed by atoms with E-state index in [1.165, 1.54) is 17.7 Å². The molecule has 0 fully saturated rings. The van der Waals surface area contributed by atoms with Crippen LogP contribution in [0, 0.1) is 13.8 Å². The number of aryl methyl sites for hydroxylation is 2. The Morgan fingerprint density at radius 3 is 2.40 bits per heavy atom. The Labute approximate surface area is 127 Å². The summed E-state index contributed by atoms with van der Waals surface area (Å²) in [6, 6.07) is 8.71. The largest absolute Gasteiger partial charge is 0.397 e. The molecule has 104 valence electrons. The average molecular weight is 309 g/mol. The summed E-state index contributed by atoms with van der Waals surface area (Å²) in [6.07, 6.45) is 0. The third kappa shape index (κ3) is 3.06. The lowest BCUT2D eigenvalue weighted by molar-refractivity contribution is 0.102. The van der Waals surface area contributed by atoms with Gasteiger partial charge in [-0.25, -0.2) is 0 Å². The molecule has 3 nitrogen and oxygen atoms in total. The molecule has 2 aromatic carbocycles. The van der Waals surface area contributed by atoms with Gasteiger partial charge in [0.2, 0.25) is 0 Å². The first kappa shape index (κ1) is 14.7. The van der Waals surface area contributed by atoms with Gasteiger partial charge in [0, 0.05) is 11.3 Å². The molecule has 20 heavy (non-hydrogen) atoms. The van der Waals surface area contributed by atoms with E-state index in [1.54, 1.807) is 0 Å². The zero-order chi connectivity index (χ0) is 14.9. The molecule has 1 amide bonds. The normalized spacial score (nSPS) is 10.4. The summed E-state index contributed by atoms with van der Waals surface area (Å²) in [6.45, 7) is 4.00. The maximum absolute atomic E-state index is 12.2. The maximum atomic E-state index is 12.2. The SMILES string of the molecule is Cc1ccc(NC(=O)c2cc(N)c(Cl)c(Cl)c2)cc1C. The van der Waals surface area contributed by atoms with Crippen LogP contribution in [0.15, 0.2) is 30.3 Å². The molecule has 0 unspecified atom stereocenters. The molecule has 0 atom stereocenters. The summed E-state index contributed by atoms with van der Waals surface area (Å²) in [5.41, 5.74) is 9.35. The predicted octanol–water partition coefficient (Wildman–Crippen LogP) is 4.44. The quantitative estimate of drug-likeness (QED) is 0.806. The van der Waals surface area contributed by atoms with Crippen molar-refractivity contribution in [2.75, 3.05) is 11.1 Å². The number of hydrogen-bond acceptors (Lipinski definition) is 2. The Morgan fingerprint density at radius 2 is 1.80 bits per heavy atom. The molecule has 0 bridgehead atoms. The summed E-state index contributed by atoms with van der Waals surface area (Å²) in [5, 5.41) is 3.32. The molecule has 0 heterocycles. The lowest BCUT2D eigenvalue weighted by atomic mass is 10.1. The van der Waals surface area contributed by atoms with Gasteiger partial charge in [-0.1, -0.05) is 29.3 Å². The molecule has 3 N–H and O–H groups in total. The van der Waals surface area contributed by atoms with E-state index < -0.39 is 0 Å². The summed E-state index contributed by atoms with van der Waals surface area (Å²) in [5.74, 6) is -0.279. The van der Waals surface area contributed by atoms with E-state index in [2.05, 4.69) is 5.32 Å². The van der Waals surface area contributed by atoms with E-state index in [9.17, 15) is 4.79 Å². The summed E-state index contributed by atoms with van der Waals surface area (Å²) in [7, 11) is 0. The van der Waals surface area contributed by atoms with Crippen molar-refractivity contribution < 1.29 is 4.79 Å². The summed E-state index contributed by atoms with van der Waals surface area (Å²) < 4.78 is 0. The third-order valence-corrected chi connectivity index (χ3v) is 3.90. The van der Waals surface area contributed by atoms with Crippen LogP contribution in [0.1, 0.15) is 21.5 Å². The number of rotatable bonds is 2. The van der Waals surface area contributed by atoms with Gasteiger partial charge >= 0.3 is 0 Å². The minimum Gasteiger partial charge on any atom is -0.397 e. The molecule has 0 saturated heterocycles. The smallest absolute Gasteiger partial charge is 0.255 e. The Bertz CT molecular complexity index is 661. The van der Waals surface area contributed by atoms with Crippen LogP contribution >= 0.6 is 23.2 Å². The van der Waals surface area contributed by atoms with Crippen molar-refractivity contribution in [3.05, 3.63) is 57.1 Å². The summed E-state index contributed by atoms with van der Waals surface area (Å²) >= 11 is 11.8. The van der Waals surface area contributed by atoms with E-state index in [0.717, 1.165) is 11.3 Å². The fourth-order valence-corrected chi connectivity index (χ4v) is 2.10. The van der Waals surface area contributed by atoms with Gasteiger partial charge in [0.1, 0.15) is 0 Å². The molecule has 0 saturated carbocycles. The zero-order valence-electron chi connectivity index (χ0n) is 11.1. The van der Waals surface area contributed by atoms with Crippen LogP contribution in [0.3, 0.4) is 0 Å². The van der Waals surface area contributed by atoms with Crippen LogP contribution in [0.4, 0.5) is 11.4 Å². The van der Waals surface area contributed by atoms with Crippen molar-refractivity contribution in [1.82, 2.24) is 0 Å². The van der Waals surface area contributed by atoms with Crippen LogP contribution in [0.5, 0.6) is 0 Å². The lowest BCUT2D eigenvalue weighted by Gasteiger charge is -2.09. The number of nitrogen functional groups attached to an aromatic ring is 1. The first-order valence-electron chi connectivity index (χ1n) is 6.01. The molecule has 2 aromatic rings. The molecule has 0 aliphatic heterocycles. The topological polar surface area (TPSA) is 55.1 Å². The highest BCUT2D eigenvalue weighted by atomic mass is 35.5. The summed E-state index contributed by atoms with van der Waals surface area (Å²) in [4.78, 5) is 12.2. The highest BCUT2D eigenvalue weighted by Gasteiger charge is 2.11. The Balaban J connectivity index is 2.26. The monoisotopic (exact) mass is 308 g/mol. The molecule has 0 radical (unpaired) electrons. The number of anilines is 2. The molecule has 0 aromatic heterocycles. The molecule has 0 spiro atoms. The first-order chi connectivity index (χ1) is 9.38. The number of hydrogen-bond donors (Lipinski definition) is 2. The van der Waals surface area contributed by atoms with Gasteiger partial charge in [-0.3, -0.25) is 4.79 Å². The van der Waals surface area contributed by atoms with Gasteiger partial charge in [-0.2, -0.15) is 0 Å². The van der Waals surface area contributed by atoms with E-state index in [1.807, 2.05) is 32.0 Å². The molecule has 0 aliphatic rings. The fraction of sp³-hybridized carbons (Fsp3) is 0.133. The second-order valence-electron chi connectivity index (χ2n) is 4.61. The van der Waals surface area contributed by atoms with Crippen molar-refractivity contribution in [3.63, 3.8) is 0 Å². The van der Waals surface area contributed by atoms with E-state index >= 15 is 0 Å². The van der Waals surface area contributed by atoms with Crippen molar-refractivity contribution in [3.8, 4) is 0 Å². The van der Waals surface area contributed by atoms with Gasteiger partial charge in [-0.05, 0) is 49.2 Å². The first-order valence-corrected chi connectivity index (χ1v) is 6.77. The highest BCUT2D eigenvalue weighted by molar-refractivity contribution is 6.44. The van der Waals surface area contributed by atoms with Gasteiger partial charge in [0.25, 0.3) is 5.91 Å². The third-order valence-electron chi connectivity index (χ3n) is 3.08. The second kappa shape index (κ2) is 5.73. The van der Waals surface area contributed by atoms with E-state index in [4.69, 9.17) is 28.9 Å². The van der Waals surface area contributed by atoms with Gasteiger partial charge in [-0.15, -0.1) is 0 Å². The lowest BCUT2D eigenvalue weighted by Crippen LogP contribution is -2.12. The van der Waals surface area contributed by atoms with Gasteiger partial charge in [0.15, 0.2) is 0 Å². The molecular formula is C15H14Cl2N2O. The number of nitrogens with two attached hydrogens (primary N) is 1. The number of halogens is 2. The second-order valence-corrected chi connectivity index (χ2v) is 5.40. The zero-order valence-corrected chi connectivity index (χ0v) is 12.6. The number of carbonyl (C=O) groups excluding carboxylic acids is 1. The fourth-order valence-electron chi connectivity index (χ4n) is 1.76. The van der Waals surface area contributed by atoms with Crippen LogP contribution < -0.4 is 11.1 Å². The van der Waals surface area contributed by atoms with Crippen LogP contribution in [-0.4, -0.2) is 5.91 Å². The number of carbonyl (C=O) groups is 1. The molecular weight excluding hydrogens is 295 g/mol. The van der Waals surface area contributed by atoms with Crippen molar-refractivity contribution >= 4 is 40.5 Å². The van der Waals surface area contributed by atoms with Crippen LogP contribution in [-0.2, 0) is 0 Å². The van der Waals surface area contributed by atoms with Crippen molar-refractivity contribution in [2.45, 2.75) is 13.8 Å². The van der Waals surface area contributed by atoms with Crippen molar-refractivity contribution in [2.24, 2.45) is 0 Å². The minimum absolute atomic E-state index is 0.259. The Morgan fingerprint density at radius 1 is 1.10 bits per heavy atom. The predicted molar refractivity (Wildman–Crippen MR) is 84.7 cm³/mol. The van der Waals surface area contributed by atoms with Crippen LogP contribution in [0.25, 0.3) is 0 Å². The Hall–Kier alpha value is -1.71. The van der Waals surface area contributed by atoms with E-state index in [-0.39, 0.29) is 21.6 Å². The molecule has 0 aliphatic carbocycles. The average Bonchev–Trinajstić information content (AvgIpc) is 2.39.